The highest BCUT2D eigenvalue weighted by Crippen LogP contribution is 2.47. The molecule has 1 unspecified atom stereocenters. The summed E-state index contributed by atoms with van der Waals surface area (Å²) in [7, 11) is 0. The molecule has 0 saturated heterocycles. The molecule has 178 valence electrons. The number of nitro benzene ring substituents is 1. The van der Waals surface area contributed by atoms with E-state index in [9.17, 15) is 14.9 Å². The summed E-state index contributed by atoms with van der Waals surface area (Å²) >= 11 is 1.66. The number of benzene rings is 3. The molecule has 2 aliphatic rings. The van der Waals surface area contributed by atoms with Crippen molar-refractivity contribution in [2.45, 2.75) is 17.9 Å². The number of anilines is 2. The molecular weight excluding hydrogens is 476 g/mol. The highest BCUT2D eigenvalue weighted by atomic mass is 32.2. The van der Waals surface area contributed by atoms with Crippen molar-refractivity contribution in [1.29, 1.82) is 0 Å². The molecule has 1 amide bonds. The molecule has 1 N–H and O–H groups in total. The Kier molecular flexibility index (Phi) is 5.11. The van der Waals surface area contributed by atoms with Gasteiger partial charge >= 0.3 is 0 Å². The minimum absolute atomic E-state index is 0.0102. The van der Waals surface area contributed by atoms with Gasteiger partial charge in [0.15, 0.2) is 5.82 Å². The minimum atomic E-state index is -0.441. The highest BCUT2D eigenvalue weighted by molar-refractivity contribution is 7.98. The Morgan fingerprint density at radius 2 is 1.75 bits per heavy atom. The number of non-ortho nitro benzene ring substituents is 1. The molecule has 0 saturated carbocycles. The first-order valence-corrected chi connectivity index (χ1v) is 12.5. The van der Waals surface area contributed by atoms with Crippen LogP contribution in [0.1, 0.15) is 22.9 Å². The minimum Gasteiger partial charge on any atom is -0.317 e. The average Bonchev–Trinajstić information content (AvgIpc) is 3.24. The Balaban J connectivity index is 1.59. The molecule has 4 aromatic rings. The number of aromatic nitrogens is 2. The second kappa shape index (κ2) is 8.35. The molecule has 1 atom stereocenters. The molecule has 0 aliphatic carbocycles. The van der Waals surface area contributed by atoms with E-state index in [1.165, 1.54) is 12.1 Å². The molecule has 3 aromatic carbocycles. The zero-order valence-electron chi connectivity index (χ0n) is 19.4. The summed E-state index contributed by atoms with van der Waals surface area (Å²) in [4.78, 5) is 31.9. The first kappa shape index (κ1) is 22.1. The summed E-state index contributed by atoms with van der Waals surface area (Å²) in [6.07, 6.45) is 2.03. The lowest BCUT2D eigenvalue weighted by Crippen LogP contribution is -2.48. The van der Waals surface area contributed by atoms with E-state index in [2.05, 4.69) is 29.6 Å². The van der Waals surface area contributed by atoms with Crippen LogP contribution in [0.25, 0.3) is 5.69 Å². The predicted octanol–water partition coefficient (Wildman–Crippen LogP) is 5.40. The Bertz CT molecular complexity index is 1560. The van der Waals surface area contributed by atoms with Crippen LogP contribution >= 0.6 is 11.8 Å². The zero-order chi connectivity index (χ0) is 25.0. The van der Waals surface area contributed by atoms with E-state index in [1.807, 2.05) is 42.3 Å². The zero-order valence-corrected chi connectivity index (χ0v) is 20.2. The van der Waals surface area contributed by atoms with E-state index < -0.39 is 4.92 Å². The van der Waals surface area contributed by atoms with E-state index in [0.29, 0.717) is 11.5 Å². The van der Waals surface area contributed by atoms with Gasteiger partial charge in [-0.3, -0.25) is 14.9 Å². The fourth-order valence-electron chi connectivity index (χ4n) is 4.74. The normalized spacial score (nSPS) is 15.9. The fourth-order valence-corrected chi connectivity index (χ4v) is 5.15. The van der Waals surface area contributed by atoms with Gasteiger partial charge < -0.3 is 10.2 Å². The van der Waals surface area contributed by atoms with E-state index in [0.717, 1.165) is 33.1 Å². The van der Waals surface area contributed by atoms with E-state index in [4.69, 9.17) is 10.1 Å². The second-order valence-electron chi connectivity index (χ2n) is 8.46. The number of aliphatic imine (C=N–C) groups is 1. The van der Waals surface area contributed by atoms with Gasteiger partial charge in [0, 0.05) is 22.6 Å². The van der Waals surface area contributed by atoms with E-state index in [-0.39, 0.29) is 23.5 Å². The van der Waals surface area contributed by atoms with Gasteiger partial charge in [-0.1, -0.05) is 24.3 Å². The molecule has 36 heavy (non-hydrogen) atoms. The number of amidine groups is 1. The Hall–Kier alpha value is -4.44. The van der Waals surface area contributed by atoms with Gasteiger partial charge in [0.1, 0.15) is 0 Å². The number of hydrogen-bond donors (Lipinski definition) is 1. The molecule has 0 bridgehead atoms. The number of aryl methyl sites for hydroxylation is 1. The smallest absolute Gasteiger partial charge is 0.291 e. The molecular formula is C26H20N6O3S. The van der Waals surface area contributed by atoms with Crippen LogP contribution in [0.15, 0.2) is 82.7 Å². The van der Waals surface area contributed by atoms with Crippen LogP contribution in [0.3, 0.4) is 0 Å². The maximum absolute atomic E-state index is 13.3. The van der Waals surface area contributed by atoms with Crippen LogP contribution in [-0.4, -0.2) is 32.7 Å². The standard InChI is InChI=1S/C26H20N6O3S/c1-15-22-23(16-7-13-19(36-2)14-8-16)30-21-6-4-3-5-20(21)27-26(33)25(30)28-24(22)31(29-15)17-9-11-18(12-10-17)32(34)35/h3-14,23H,1-2H3,(H,27,33). The van der Waals surface area contributed by atoms with E-state index in [1.54, 1.807) is 28.6 Å². The van der Waals surface area contributed by atoms with Crippen molar-refractivity contribution in [3.8, 4) is 5.69 Å². The number of rotatable bonds is 4. The number of carbonyl (C=O) groups excluding carboxylic acids is 1. The van der Waals surface area contributed by atoms with Gasteiger partial charge in [-0.25, -0.2) is 9.67 Å². The topological polar surface area (TPSA) is 106 Å². The quantitative estimate of drug-likeness (QED) is 0.230. The number of fused-ring (bicyclic) bond motifs is 4. The molecule has 6 rings (SSSR count). The van der Waals surface area contributed by atoms with Gasteiger partial charge in [-0.15, -0.1) is 11.8 Å². The molecule has 3 heterocycles. The van der Waals surface area contributed by atoms with Gasteiger partial charge in [0.25, 0.3) is 11.6 Å². The third kappa shape index (κ3) is 3.37. The van der Waals surface area contributed by atoms with Gasteiger partial charge in [-0.2, -0.15) is 5.10 Å². The van der Waals surface area contributed by atoms with Crippen LogP contribution in [0, 0.1) is 17.0 Å². The van der Waals surface area contributed by atoms with E-state index >= 15 is 0 Å². The summed E-state index contributed by atoms with van der Waals surface area (Å²) in [5.74, 6) is 0.489. The lowest BCUT2D eigenvalue weighted by atomic mass is 9.93. The first-order chi connectivity index (χ1) is 17.5. The number of nitrogens with one attached hydrogen (secondary N) is 1. The van der Waals surface area contributed by atoms with Crippen LogP contribution in [0.2, 0.25) is 0 Å². The third-order valence-corrected chi connectivity index (χ3v) is 7.15. The summed E-state index contributed by atoms with van der Waals surface area (Å²) in [6, 6.07) is 21.7. The number of carbonyl (C=O) groups is 1. The molecule has 0 spiro atoms. The number of nitro groups is 1. The summed E-state index contributed by atoms with van der Waals surface area (Å²) in [5.41, 5.74) is 4.81. The number of para-hydroxylation sites is 2. The Labute approximate surface area is 210 Å². The third-order valence-electron chi connectivity index (χ3n) is 6.40. The van der Waals surface area contributed by atoms with Crippen molar-refractivity contribution in [1.82, 2.24) is 9.78 Å². The van der Waals surface area contributed by atoms with Gasteiger partial charge in [0.05, 0.1) is 33.7 Å². The van der Waals surface area contributed by atoms with Crippen molar-refractivity contribution < 1.29 is 9.72 Å². The van der Waals surface area contributed by atoms with Crippen LogP contribution < -0.4 is 10.2 Å². The number of amides is 1. The summed E-state index contributed by atoms with van der Waals surface area (Å²) in [5, 5.41) is 18.8. The lowest BCUT2D eigenvalue weighted by Gasteiger charge is -2.40. The maximum atomic E-state index is 13.3. The SMILES string of the molecule is CSc1ccc(C2c3c(C)nn(-c4ccc([N+](=O)[O-])cc4)c3N=C3C(=O)Nc4ccccc4N32)cc1. The fraction of sp³-hybridized carbons (Fsp3) is 0.115. The highest BCUT2D eigenvalue weighted by Gasteiger charge is 2.42. The lowest BCUT2D eigenvalue weighted by molar-refractivity contribution is -0.384. The molecule has 9 nitrogen and oxygen atoms in total. The Morgan fingerprint density at radius 1 is 1.03 bits per heavy atom. The molecule has 2 aliphatic heterocycles. The van der Waals surface area contributed by atoms with Crippen LogP contribution in [0.5, 0.6) is 0 Å². The summed E-state index contributed by atoms with van der Waals surface area (Å²) < 4.78 is 1.65. The van der Waals surface area contributed by atoms with Crippen molar-refractivity contribution in [3.63, 3.8) is 0 Å². The van der Waals surface area contributed by atoms with Crippen molar-refractivity contribution in [3.05, 3.63) is 99.7 Å². The predicted molar refractivity (Wildman–Crippen MR) is 140 cm³/mol. The molecule has 0 fully saturated rings. The number of thioether (sulfide) groups is 1. The monoisotopic (exact) mass is 496 g/mol. The largest absolute Gasteiger partial charge is 0.317 e. The second-order valence-corrected chi connectivity index (χ2v) is 9.34. The van der Waals surface area contributed by atoms with Gasteiger partial charge in [0.2, 0.25) is 5.84 Å². The Morgan fingerprint density at radius 3 is 2.44 bits per heavy atom. The van der Waals surface area contributed by atoms with Crippen LogP contribution in [0.4, 0.5) is 22.9 Å². The summed E-state index contributed by atoms with van der Waals surface area (Å²) in [6.45, 7) is 1.92. The molecule has 1 aromatic heterocycles. The van der Waals surface area contributed by atoms with Crippen LogP contribution in [-0.2, 0) is 4.79 Å². The average molecular weight is 497 g/mol. The maximum Gasteiger partial charge on any atom is 0.291 e. The van der Waals surface area contributed by atoms with Crippen molar-refractivity contribution in [2.24, 2.45) is 4.99 Å². The van der Waals surface area contributed by atoms with Crippen molar-refractivity contribution >= 4 is 46.4 Å². The number of nitrogens with zero attached hydrogens (tertiary/aromatic N) is 5. The molecule has 0 radical (unpaired) electrons. The molecule has 10 heteroatoms. The van der Waals surface area contributed by atoms with Gasteiger partial charge in [-0.05, 0) is 55.1 Å². The number of hydrogen-bond acceptors (Lipinski definition) is 7. The van der Waals surface area contributed by atoms with Crippen molar-refractivity contribution in [2.75, 3.05) is 16.5 Å². The first-order valence-electron chi connectivity index (χ1n) is 11.2.